The average Bonchev–Trinajstić information content (AvgIpc) is 3.48. The normalized spacial score (nSPS) is 12.2. The van der Waals surface area contributed by atoms with Gasteiger partial charge in [0.1, 0.15) is 13.2 Å². The molecule has 83 heavy (non-hydrogen) atoms. The predicted octanol–water partition coefficient (Wildman–Crippen LogP) is 25.9. The van der Waals surface area contributed by atoms with E-state index in [1.54, 1.807) is 0 Å². The van der Waals surface area contributed by atoms with Crippen LogP contribution in [0.4, 0.5) is 0 Å². The molecule has 0 aromatic carbocycles. The summed E-state index contributed by atoms with van der Waals surface area (Å²) in [4.78, 5) is 38.2. The Morgan fingerprint density at radius 3 is 0.675 bits per heavy atom. The molecule has 0 bridgehead atoms. The van der Waals surface area contributed by atoms with Crippen molar-refractivity contribution in [3.8, 4) is 0 Å². The number of rotatable bonds is 70. The summed E-state index contributed by atoms with van der Waals surface area (Å²) >= 11 is 0. The van der Waals surface area contributed by atoms with E-state index in [0.29, 0.717) is 19.3 Å². The van der Waals surface area contributed by atoms with Crippen LogP contribution in [0, 0.1) is 0 Å². The molecule has 0 aromatic heterocycles. The lowest BCUT2D eigenvalue weighted by atomic mass is 10.0. The van der Waals surface area contributed by atoms with Crippen LogP contribution in [0.3, 0.4) is 0 Å². The van der Waals surface area contributed by atoms with Gasteiger partial charge >= 0.3 is 17.9 Å². The van der Waals surface area contributed by atoms with Crippen LogP contribution in [0.25, 0.3) is 0 Å². The fraction of sp³-hybridized carbons (Fsp3) is 0.883. The van der Waals surface area contributed by atoms with Crippen molar-refractivity contribution >= 4 is 17.9 Å². The van der Waals surface area contributed by atoms with E-state index in [-0.39, 0.29) is 31.1 Å². The second-order valence-electron chi connectivity index (χ2n) is 25.6. The molecule has 6 nitrogen and oxygen atoms in total. The molecule has 0 aliphatic carbocycles. The Morgan fingerprint density at radius 2 is 0.434 bits per heavy atom. The molecule has 0 N–H and O–H groups in total. The lowest BCUT2D eigenvalue weighted by molar-refractivity contribution is -0.167. The molecule has 0 fully saturated rings. The number of hydrogen-bond acceptors (Lipinski definition) is 6. The maximum atomic E-state index is 12.9. The number of ether oxygens (including phenoxy) is 3. The van der Waals surface area contributed by atoms with Crippen molar-refractivity contribution in [2.24, 2.45) is 0 Å². The maximum Gasteiger partial charge on any atom is 0.306 e. The number of esters is 3. The molecule has 0 aromatic rings. The predicted molar refractivity (Wildman–Crippen MR) is 362 cm³/mol. The minimum absolute atomic E-state index is 0.0662. The fourth-order valence-electron chi connectivity index (χ4n) is 11.5. The molecule has 488 valence electrons. The zero-order valence-electron chi connectivity index (χ0n) is 56.2. The van der Waals surface area contributed by atoms with Gasteiger partial charge in [-0.05, 0) is 57.8 Å². The molecule has 0 saturated heterocycles. The van der Waals surface area contributed by atoms with E-state index in [2.05, 4.69) is 57.2 Å². The smallest absolute Gasteiger partial charge is 0.306 e. The Hall–Kier alpha value is -2.37. The van der Waals surface area contributed by atoms with E-state index in [0.717, 1.165) is 70.6 Å². The lowest BCUT2D eigenvalue weighted by Gasteiger charge is -2.18. The van der Waals surface area contributed by atoms with Gasteiger partial charge < -0.3 is 14.2 Å². The minimum Gasteiger partial charge on any atom is -0.462 e. The van der Waals surface area contributed by atoms with Crippen LogP contribution in [0.5, 0.6) is 0 Å². The van der Waals surface area contributed by atoms with Crippen molar-refractivity contribution in [2.75, 3.05) is 13.2 Å². The SMILES string of the molecule is CCCCCCC/C=C\C/C=C\C/C=C\CCCCCCCCCCCCCCCCCCC(=O)OCC(COC(=O)CCCCCCCC)OC(=O)CCCCCCCCCCCCCCCCCCCCCCCCCCCCCC. The van der Waals surface area contributed by atoms with Crippen molar-refractivity contribution in [1.29, 1.82) is 0 Å². The molecule has 0 heterocycles. The van der Waals surface area contributed by atoms with Crippen LogP contribution in [-0.4, -0.2) is 37.2 Å². The third-order valence-electron chi connectivity index (χ3n) is 17.1. The Bertz CT molecular complexity index is 1380. The summed E-state index contributed by atoms with van der Waals surface area (Å²) in [6.07, 6.45) is 91.0. The van der Waals surface area contributed by atoms with E-state index in [9.17, 15) is 14.4 Å². The summed E-state index contributed by atoms with van der Waals surface area (Å²) in [7, 11) is 0. The first-order valence-electron chi connectivity index (χ1n) is 37.5. The van der Waals surface area contributed by atoms with E-state index in [1.165, 1.54) is 308 Å². The van der Waals surface area contributed by atoms with Crippen LogP contribution in [-0.2, 0) is 28.6 Å². The van der Waals surface area contributed by atoms with Crippen LogP contribution in [0.2, 0.25) is 0 Å². The van der Waals surface area contributed by atoms with Crippen LogP contribution >= 0.6 is 0 Å². The van der Waals surface area contributed by atoms with Gasteiger partial charge in [-0.2, -0.15) is 0 Å². The third-order valence-corrected chi connectivity index (χ3v) is 17.1. The Balaban J connectivity index is 3.94. The van der Waals surface area contributed by atoms with Gasteiger partial charge in [-0.25, -0.2) is 0 Å². The Labute approximate surface area is 518 Å². The molecule has 6 heteroatoms. The van der Waals surface area contributed by atoms with Crippen LogP contribution < -0.4 is 0 Å². The monoisotopic (exact) mass is 1170 g/mol. The summed E-state index contributed by atoms with van der Waals surface area (Å²) in [6, 6.07) is 0. The van der Waals surface area contributed by atoms with E-state index >= 15 is 0 Å². The van der Waals surface area contributed by atoms with Gasteiger partial charge in [-0.1, -0.05) is 378 Å². The van der Waals surface area contributed by atoms with Crippen molar-refractivity contribution in [3.63, 3.8) is 0 Å². The molecule has 1 atom stereocenters. The van der Waals surface area contributed by atoms with Gasteiger partial charge in [0, 0.05) is 19.3 Å². The quantitative estimate of drug-likeness (QED) is 0.0261. The van der Waals surface area contributed by atoms with Crippen molar-refractivity contribution in [1.82, 2.24) is 0 Å². The van der Waals surface area contributed by atoms with Gasteiger partial charge in [0.15, 0.2) is 6.10 Å². The molecular weight excluding hydrogens is 1020 g/mol. The minimum atomic E-state index is -0.766. The summed E-state index contributed by atoms with van der Waals surface area (Å²) < 4.78 is 16.9. The topological polar surface area (TPSA) is 78.9 Å². The molecule has 0 rings (SSSR count). The number of unbranched alkanes of at least 4 members (excludes halogenated alkanes) is 53. The zero-order chi connectivity index (χ0) is 59.9. The van der Waals surface area contributed by atoms with Gasteiger partial charge in [0.05, 0.1) is 0 Å². The second kappa shape index (κ2) is 72.1. The highest BCUT2D eigenvalue weighted by Gasteiger charge is 2.20. The zero-order valence-corrected chi connectivity index (χ0v) is 56.2. The van der Waals surface area contributed by atoms with Gasteiger partial charge in [0.2, 0.25) is 0 Å². The molecule has 0 aliphatic rings. The molecule has 0 amide bonds. The molecule has 0 radical (unpaired) electrons. The summed E-state index contributed by atoms with van der Waals surface area (Å²) in [5, 5.41) is 0. The van der Waals surface area contributed by atoms with Gasteiger partial charge in [-0.15, -0.1) is 0 Å². The first kappa shape index (κ1) is 80.6. The van der Waals surface area contributed by atoms with Crippen molar-refractivity contribution in [3.05, 3.63) is 36.5 Å². The first-order valence-corrected chi connectivity index (χ1v) is 37.5. The largest absolute Gasteiger partial charge is 0.462 e. The second-order valence-corrected chi connectivity index (χ2v) is 25.6. The lowest BCUT2D eigenvalue weighted by Crippen LogP contribution is -2.30. The molecule has 0 saturated carbocycles. The highest BCUT2D eigenvalue weighted by molar-refractivity contribution is 5.71. The molecule has 0 aliphatic heterocycles. The molecule has 0 spiro atoms. The van der Waals surface area contributed by atoms with E-state index < -0.39 is 6.10 Å². The van der Waals surface area contributed by atoms with E-state index in [1.807, 2.05) is 0 Å². The summed E-state index contributed by atoms with van der Waals surface area (Å²) in [5.74, 6) is -0.847. The Kier molecular flexibility index (Phi) is 70.0. The van der Waals surface area contributed by atoms with Crippen molar-refractivity contribution < 1.29 is 28.6 Å². The van der Waals surface area contributed by atoms with E-state index in [4.69, 9.17) is 14.2 Å². The van der Waals surface area contributed by atoms with Crippen LogP contribution in [0.15, 0.2) is 36.5 Å². The maximum absolute atomic E-state index is 12.9. The Morgan fingerprint density at radius 1 is 0.241 bits per heavy atom. The molecule has 1 unspecified atom stereocenters. The van der Waals surface area contributed by atoms with Gasteiger partial charge in [0.25, 0.3) is 0 Å². The standard InChI is InChI=1S/C77H144O6/c1-4-7-10-13-16-18-20-22-24-26-28-30-32-34-36-38-39-40-42-43-45-47-49-51-53-55-57-59-61-64-67-70-76(79)82-73-74(72-81-75(78)69-66-63-15-12-9-6-3)83-77(80)71-68-65-62-60-58-56-54-52-50-48-46-44-41-37-35-33-31-29-27-25-23-21-19-17-14-11-8-5-2/h20,22,26,28,32,34,74H,4-19,21,23-25,27,29-31,33,35-73H2,1-3H3/b22-20-,28-26-,34-32-. The number of carbonyl (C=O) groups excluding carboxylic acids is 3. The van der Waals surface area contributed by atoms with Crippen molar-refractivity contribution in [2.45, 2.75) is 425 Å². The summed E-state index contributed by atoms with van der Waals surface area (Å²) in [5.41, 5.74) is 0. The number of carbonyl (C=O) groups is 3. The highest BCUT2D eigenvalue weighted by Crippen LogP contribution is 2.19. The average molecular weight is 1170 g/mol. The number of hydrogen-bond donors (Lipinski definition) is 0. The third kappa shape index (κ3) is 70.3. The van der Waals surface area contributed by atoms with Crippen LogP contribution in [0.1, 0.15) is 419 Å². The van der Waals surface area contributed by atoms with Gasteiger partial charge in [-0.3, -0.25) is 14.4 Å². The summed E-state index contributed by atoms with van der Waals surface area (Å²) in [6.45, 7) is 6.65. The first-order chi connectivity index (χ1) is 41.0. The highest BCUT2D eigenvalue weighted by atomic mass is 16.6. The molecular formula is C77H144O6. The fourth-order valence-corrected chi connectivity index (χ4v) is 11.5. The number of allylic oxidation sites excluding steroid dienone is 6.